The van der Waals surface area contributed by atoms with E-state index in [9.17, 15) is 14.9 Å². The van der Waals surface area contributed by atoms with Crippen molar-refractivity contribution < 1.29 is 28.9 Å². The Balaban J connectivity index is 2.27. The van der Waals surface area contributed by atoms with Crippen LogP contribution in [0.3, 0.4) is 0 Å². The molecule has 150 valence electrons. The van der Waals surface area contributed by atoms with Gasteiger partial charge >= 0.3 is 5.97 Å². The van der Waals surface area contributed by atoms with Crippen molar-refractivity contribution in [2.24, 2.45) is 0 Å². The molecule has 29 heavy (non-hydrogen) atoms. The fourth-order valence-electron chi connectivity index (χ4n) is 2.25. The first kappa shape index (κ1) is 21.8. The predicted octanol–water partition coefficient (Wildman–Crippen LogP) is 3.48. The molecule has 1 amide bonds. The van der Waals surface area contributed by atoms with Gasteiger partial charge in [-0.15, -0.1) is 0 Å². The summed E-state index contributed by atoms with van der Waals surface area (Å²) in [6.45, 7) is -0.536. The maximum absolute atomic E-state index is 12.4. The van der Waals surface area contributed by atoms with Gasteiger partial charge in [-0.05, 0) is 48.0 Å². The molecule has 0 heterocycles. The molecule has 2 N–H and O–H groups in total. The van der Waals surface area contributed by atoms with Crippen LogP contribution in [0.2, 0.25) is 0 Å². The Morgan fingerprint density at radius 3 is 2.41 bits per heavy atom. The topological polar surface area (TPSA) is 118 Å². The minimum Gasteiger partial charge on any atom is -0.497 e. The second-order valence-electron chi connectivity index (χ2n) is 5.56. The lowest BCUT2D eigenvalue weighted by molar-refractivity contribution is -0.139. The number of carboxylic acid groups (broad SMARTS) is 1. The lowest BCUT2D eigenvalue weighted by Gasteiger charge is -2.12. The molecule has 0 radical (unpaired) electrons. The van der Waals surface area contributed by atoms with Gasteiger partial charge in [-0.3, -0.25) is 4.79 Å². The van der Waals surface area contributed by atoms with Crippen LogP contribution in [-0.2, 0) is 9.59 Å². The highest BCUT2D eigenvalue weighted by Crippen LogP contribution is 2.34. The largest absolute Gasteiger partial charge is 0.497 e. The molecule has 0 aliphatic carbocycles. The molecule has 0 saturated carbocycles. The van der Waals surface area contributed by atoms with Crippen LogP contribution in [0.1, 0.15) is 5.56 Å². The lowest BCUT2D eigenvalue weighted by atomic mass is 10.1. The summed E-state index contributed by atoms with van der Waals surface area (Å²) in [4.78, 5) is 23.1. The third-order valence-corrected chi connectivity index (χ3v) is 4.33. The second-order valence-corrected chi connectivity index (χ2v) is 6.41. The van der Waals surface area contributed by atoms with Crippen LogP contribution in [0.15, 0.2) is 46.4 Å². The normalized spacial score (nSPS) is 10.6. The van der Waals surface area contributed by atoms with Crippen LogP contribution in [0.5, 0.6) is 17.2 Å². The molecule has 0 saturated heterocycles. The van der Waals surface area contributed by atoms with Crippen LogP contribution in [0.25, 0.3) is 6.08 Å². The Morgan fingerprint density at radius 2 is 1.86 bits per heavy atom. The molecular formula is C20H17BrN2O6. The number of carboxylic acids is 1. The Kier molecular flexibility index (Phi) is 7.62. The summed E-state index contributed by atoms with van der Waals surface area (Å²) in [5, 5.41) is 20.8. The van der Waals surface area contributed by atoms with E-state index in [1.54, 1.807) is 24.3 Å². The number of ether oxygens (including phenoxy) is 3. The number of nitriles is 1. The van der Waals surface area contributed by atoms with Crippen molar-refractivity contribution >= 4 is 39.6 Å². The summed E-state index contributed by atoms with van der Waals surface area (Å²) in [6.07, 6.45) is 1.38. The summed E-state index contributed by atoms with van der Waals surface area (Å²) < 4.78 is 15.9. The molecule has 0 unspecified atom stereocenters. The third-order valence-electron chi connectivity index (χ3n) is 3.65. The average molecular weight is 461 g/mol. The van der Waals surface area contributed by atoms with Crippen LogP contribution < -0.4 is 19.5 Å². The first-order valence-electron chi connectivity index (χ1n) is 8.17. The monoisotopic (exact) mass is 460 g/mol. The van der Waals surface area contributed by atoms with Crippen molar-refractivity contribution in [3.63, 3.8) is 0 Å². The highest BCUT2D eigenvalue weighted by atomic mass is 79.9. The number of nitrogens with zero attached hydrogens (tertiary/aromatic N) is 1. The molecule has 0 spiro atoms. The molecule has 0 fully saturated rings. The van der Waals surface area contributed by atoms with Gasteiger partial charge in [-0.2, -0.15) is 5.26 Å². The molecule has 0 aromatic heterocycles. The number of hydrogen-bond acceptors (Lipinski definition) is 6. The maximum Gasteiger partial charge on any atom is 0.341 e. The average Bonchev–Trinajstić information content (AvgIpc) is 2.71. The van der Waals surface area contributed by atoms with Crippen molar-refractivity contribution in [1.29, 1.82) is 5.26 Å². The summed E-state index contributed by atoms with van der Waals surface area (Å²) in [7, 11) is 2.93. The number of anilines is 1. The van der Waals surface area contributed by atoms with Crippen LogP contribution >= 0.6 is 15.9 Å². The Hall–Kier alpha value is -3.51. The summed E-state index contributed by atoms with van der Waals surface area (Å²) in [5.41, 5.74) is 0.847. The quantitative estimate of drug-likeness (QED) is 0.457. The molecule has 0 atom stereocenters. The molecule has 2 aromatic rings. The third kappa shape index (κ3) is 5.99. The lowest BCUT2D eigenvalue weighted by Crippen LogP contribution is -2.13. The van der Waals surface area contributed by atoms with Gasteiger partial charge in [0.05, 0.1) is 14.2 Å². The number of methoxy groups -OCH3 is 2. The van der Waals surface area contributed by atoms with Gasteiger partial charge in [0.25, 0.3) is 5.91 Å². The second kappa shape index (κ2) is 10.1. The number of benzene rings is 2. The molecular weight excluding hydrogens is 444 g/mol. The number of carbonyl (C=O) groups excluding carboxylic acids is 1. The Bertz CT molecular complexity index is 980. The minimum absolute atomic E-state index is 0.136. The number of hydrogen-bond donors (Lipinski definition) is 2. The zero-order valence-corrected chi connectivity index (χ0v) is 17.1. The predicted molar refractivity (Wildman–Crippen MR) is 109 cm³/mol. The summed E-state index contributed by atoms with van der Waals surface area (Å²) in [5.74, 6) is -0.613. The standard InChI is InChI=1S/C20H17BrN2O6/c1-27-15-5-3-14(4-6-15)23-20(26)13(10-22)7-12-8-17(28-2)18(9-16(12)21)29-11-19(24)25/h3-9H,11H2,1-2H3,(H,23,26)(H,24,25)/b13-7+. The number of amides is 1. The van der Waals surface area contributed by atoms with Gasteiger partial charge in [0, 0.05) is 10.2 Å². The highest BCUT2D eigenvalue weighted by molar-refractivity contribution is 9.10. The van der Waals surface area contributed by atoms with E-state index in [4.69, 9.17) is 19.3 Å². The smallest absolute Gasteiger partial charge is 0.341 e. The molecule has 0 bridgehead atoms. The molecule has 2 aromatic carbocycles. The van der Waals surface area contributed by atoms with E-state index in [1.807, 2.05) is 6.07 Å². The number of nitrogens with one attached hydrogen (secondary N) is 1. The molecule has 8 nitrogen and oxygen atoms in total. The van der Waals surface area contributed by atoms with Crippen LogP contribution in [0.4, 0.5) is 5.69 Å². The highest BCUT2D eigenvalue weighted by Gasteiger charge is 2.14. The molecule has 2 rings (SSSR count). The molecule has 0 aliphatic heterocycles. The Labute approximate surface area is 175 Å². The zero-order chi connectivity index (χ0) is 21.4. The summed E-state index contributed by atoms with van der Waals surface area (Å²) >= 11 is 3.32. The number of aliphatic carboxylic acids is 1. The first-order chi connectivity index (χ1) is 13.9. The van der Waals surface area contributed by atoms with Gasteiger partial charge in [0.1, 0.15) is 17.4 Å². The fourth-order valence-corrected chi connectivity index (χ4v) is 2.69. The van der Waals surface area contributed by atoms with E-state index in [1.165, 1.54) is 32.4 Å². The number of rotatable bonds is 8. The number of halogens is 1. The van der Waals surface area contributed by atoms with Gasteiger partial charge in [-0.25, -0.2) is 4.79 Å². The van der Waals surface area contributed by atoms with Gasteiger partial charge in [0.15, 0.2) is 18.1 Å². The van der Waals surface area contributed by atoms with E-state index in [0.29, 0.717) is 21.5 Å². The van der Waals surface area contributed by atoms with Crippen LogP contribution in [-0.4, -0.2) is 37.8 Å². The Morgan fingerprint density at radius 1 is 1.17 bits per heavy atom. The van der Waals surface area contributed by atoms with Crippen molar-refractivity contribution in [2.45, 2.75) is 0 Å². The van der Waals surface area contributed by atoms with Crippen molar-refractivity contribution in [3.8, 4) is 23.3 Å². The van der Waals surface area contributed by atoms with Crippen molar-refractivity contribution in [1.82, 2.24) is 0 Å². The fraction of sp³-hybridized carbons (Fsp3) is 0.150. The maximum atomic E-state index is 12.4. The van der Waals surface area contributed by atoms with Crippen molar-refractivity contribution in [3.05, 3.63) is 52.0 Å². The first-order valence-corrected chi connectivity index (χ1v) is 8.96. The van der Waals surface area contributed by atoms with Gasteiger partial charge in [-0.1, -0.05) is 15.9 Å². The van der Waals surface area contributed by atoms with E-state index < -0.39 is 18.5 Å². The van der Waals surface area contributed by atoms with E-state index in [2.05, 4.69) is 21.2 Å². The minimum atomic E-state index is -1.13. The number of carbonyl (C=O) groups is 2. The van der Waals surface area contributed by atoms with Crippen LogP contribution in [0, 0.1) is 11.3 Å². The SMILES string of the molecule is COc1ccc(NC(=O)/C(C#N)=C/c2cc(OC)c(OCC(=O)O)cc2Br)cc1. The van der Waals surface area contributed by atoms with Crippen molar-refractivity contribution in [2.75, 3.05) is 26.1 Å². The van der Waals surface area contributed by atoms with E-state index in [0.717, 1.165) is 0 Å². The van der Waals surface area contributed by atoms with Gasteiger partial charge in [0.2, 0.25) is 0 Å². The molecule has 9 heteroatoms. The van der Waals surface area contributed by atoms with E-state index >= 15 is 0 Å². The summed E-state index contributed by atoms with van der Waals surface area (Å²) in [6, 6.07) is 11.6. The van der Waals surface area contributed by atoms with Gasteiger partial charge < -0.3 is 24.6 Å². The zero-order valence-electron chi connectivity index (χ0n) is 15.6. The van der Waals surface area contributed by atoms with E-state index in [-0.39, 0.29) is 17.1 Å². The molecule has 0 aliphatic rings.